The van der Waals surface area contributed by atoms with Gasteiger partial charge in [-0.05, 0) is 37.1 Å². The van der Waals surface area contributed by atoms with Gasteiger partial charge in [-0.3, -0.25) is 0 Å². The first-order valence-corrected chi connectivity index (χ1v) is 5.68. The molecule has 0 spiro atoms. The predicted octanol–water partition coefficient (Wildman–Crippen LogP) is 3.20. The van der Waals surface area contributed by atoms with Gasteiger partial charge >= 0.3 is 5.97 Å². The van der Waals surface area contributed by atoms with Gasteiger partial charge in [0.2, 0.25) is 0 Å². The van der Waals surface area contributed by atoms with Crippen LogP contribution in [0.3, 0.4) is 0 Å². The fourth-order valence-electron chi connectivity index (χ4n) is 1.21. The SMILES string of the molecule is C/C(=C/C(=O)O)CNc1ccc(C)c(Br)c1. The number of hydrogen-bond donors (Lipinski definition) is 2. The molecule has 2 N–H and O–H groups in total. The van der Waals surface area contributed by atoms with E-state index in [1.54, 1.807) is 6.92 Å². The smallest absolute Gasteiger partial charge is 0.328 e. The van der Waals surface area contributed by atoms with E-state index < -0.39 is 5.97 Å². The van der Waals surface area contributed by atoms with E-state index in [2.05, 4.69) is 21.2 Å². The Labute approximate surface area is 103 Å². The number of rotatable bonds is 4. The highest BCUT2D eigenvalue weighted by atomic mass is 79.9. The fourth-order valence-corrected chi connectivity index (χ4v) is 1.58. The molecule has 1 rings (SSSR count). The summed E-state index contributed by atoms with van der Waals surface area (Å²) in [5.41, 5.74) is 2.92. The Morgan fingerprint density at radius 2 is 2.25 bits per heavy atom. The fraction of sp³-hybridized carbons (Fsp3) is 0.250. The number of halogens is 1. The maximum atomic E-state index is 10.4. The molecule has 0 aromatic heterocycles. The van der Waals surface area contributed by atoms with Crippen LogP contribution in [0.15, 0.2) is 34.3 Å². The van der Waals surface area contributed by atoms with Crippen molar-refractivity contribution in [1.29, 1.82) is 0 Å². The minimum Gasteiger partial charge on any atom is -0.478 e. The minimum atomic E-state index is -0.913. The Hall–Kier alpha value is -1.29. The van der Waals surface area contributed by atoms with E-state index in [4.69, 9.17) is 5.11 Å². The van der Waals surface area contributed by atoms with Crippen LogP contribution in [-0.4, -0.2) is 17.6 Å². The van der Waals surface area contributed by atoms with Crippen molar-refractivity contribution in [1.82, 2.24) is 0 Å². The number of nitrogens with one attached hydrogen (secondary N) is 1. The average Bonchev–Trinajstić information content (AvgIpc) is 2.19. The Morgan fingerprint density at radius 1 is 1.56 bits per heavy atom. The number of benzene rings is 1. The Morgan fingerprint density at radius 3 is 2.81 bits per heavy atom. The first-order chi connectivity index (χ1) is 7.49. The van der Waals surface area contributed by atoms with E-state index >= 15 is 0 Å². The molecule has 1 aromatic rings. The largest absolute Gasteiger partial charge is 0.478 e. The first kappa shape index (κ1) is 12.8. The molecule has 0 saturated heterocycles. The Balaban J connectivity index is 2.61. The van der Waals surface area contributed by atoms with E-state index in [1.807, 2.05) is 25.1 Å². The van der Waals surface area contributed by atoms with Crippen molar-refractivity contribution in [2.45, 2.75) is 13.8 Å². The van der Waals surface area contributed by atoms with Gasteiger partial charge in [-0.25, -0.2) is 4.79 Å². The third-order valence-electron chi connectivity index (χ3n) is 2.11. The van der Waals surface area contributed by atoms with Gasteiger partial charge in [0.25, 0.3) is 0 Å². The van der Waals surface area contributed by atoms with Gasteiger partial charge in [0.05, 0.1) is 0 Å². The van der Waals surface area contributed by atoms with Crippen molar-refractivity contribution in [3.8, 4) is 0 Å². The van der Waals surface area contributed by atoms with Crippen LogP contribution in [-0.2, 0) is 4.79 Å². The van der Waals surface area contributed by atoms with Crippen LogP contribution in [0.5, 0.6) is 0 Å². The van der Waals surface area contributed by atoms with Gasteiger partial charge in [0.1, 0.15) is 0 Å². The normalized spacial score (nSPS) is 11.3. The monoisotopic (exact) mass is 283 g/mol. The minimum absolute atomic E-state index is 0.530. The number of carbonyl (C=O) groups is 1. The van der Waals surface area contributed by atoms with Crippen molar-refractivity contribution in [3.05, 3.63) is 39.9 Å². The highest BCUT2D eigenvalue weighted by Gasteiger charge is 1.98. The van der Waals surface area contributed by atoms with Crippen LogP contribution in [0.1, 0.15) is 12.5 Å². The molecule has 16 heavy (non-hydrogen) atoms. The lowest BCUT2D eigenvalue weighted by Crippen LogP contribution is -2.04. The summed E-state index contributed by atoms with van der Waals surface area (Å²) in [6.45, 7) is 4.33. The molecule has 0 saturated carbocycles. The maximum absolute atomic E-state index is 10.4. The topological polar surface area (TPSA) is 49.3 Å². The summed E-state index contributed by atoms with van der Waals surface area (Å²) < 4.78 is 1.04. The highest BCUT2D eigenvalue weighted by Crippen LogP contribution is 2.20. The molecule has 0 amide bonds. The average molecular weight is 284 g/mol. The van der Waals surface area contributed by atoms with Crippen LogP contribution in [0, 0.1) is 6.92 Å². The molecule has 0 aliphatic heterocycles. The summed E-state index contributed by atoms with van der Waals surface area (Å²) in [6.07, 6.45) is 1.20. The van der Waals surface area contributed by atoms with E-state index in [0.29, 0.717) is 6.54 Å². The van der Waals surface area contributed by atoms with E-state index in [9.17, 15) is 4.79 Å². The predicted molar refractivity (Wildman–Crippen MR) is 68.8 cm³/mol. The second kappa shape index (κ2) is 5.70. The molecule has 86 valence electrons. The van der Waals surface area contributed by atoms with Crippen molar-refractivity contribution in [2.75, 3.05) is 11.9 Å². The lowest BCUT2D eigenvalue weighted by atomic mass is 10.2. The number of aliphatic carboxylic acids is 1. The van der Waals surface area contributed by atoms with Gasteiger partial charge in [0, 0.05) is 22.8 Å². The Bertz CT molecular complexity index is 427. The quantitative estimate of drug-likeness (QED) is 0.835. The van der Waals surface area contributed by atoms with Gasteiger partial charge in [-0.15, -0.1) is 0 Å². The van der Waals surface area contributed by atoms with Gasteiger partial charge in [-0.1, -0.05) is 22.0 Å². The van der Waals surface area contributed by atoms with Crippen molar-refractivity contribution >= 4 is 27.6 Å². The van der Waals surface area contributed by atoms with E-state index in [-0.39, 0.29) is 0 Å². The van der Waals surface area contributed by atoms with Crippen molar-refractivity contribution in [3.63, 3.8) is 0 Å². The molecule has 3 nitrogen and oxygen atoms in total. The summed E-state index contributed by atoms with van der Waals surface area (Å²) in [5, 5.41) is 11.7. The van der Waals surface area contributed by atoms with Crippen LogP contribution >= 0.6 is 15.9 Å². The lowest BCUT2D eigenvalue weighted by molar-refractivity contribution is -0.131. The zero-order valence-electron chi connectivity index (χ0n) is 9.25. The molecule has 0 atom stereocenters. The molecule has 0 radical (unpaired) electrons. The number of anilines is 1. The third kappa shape index (κ3) is 4.06. The summed E-state index contributed by atoms with van der Waals surface area (Å²) in [6, 6.07) is 5.94. The van der Waals surface area contributed by atoms with Crippen LogP contribution in [0.4, 0.5) is 5.69 Å². The van der Waals surface area contributed by atoms with Crippen molar-refractivity contribution in [2.24, 2.45) is 0 Å². The maximum Gasteiger partial charge on any atom is 0.328 e. The van der Waals surface area contributed by atoms with E-state index in [1.165, 1.54) is 11.6 Å². The van der Waals surface area contributed by atoms with E-state index in [0.717, 1.165) is 15.7 Å². The molecule has 0 aliphatic carbocycles. The molecule has 1 aromatic carbocycles. The summed E-state index contributed by atoms with van der Waals surface area (Å²) in [5.74, 6) is -0.913. The Kier molecular flexibility index (Phi) is 4.55. The highest BCUT2D eigenvalue weighted by molar-refractivity contribution is 9.10. The zero-order valence-corrected chi connectivity index (χ0v) is 10.8. The lowest BCUT2D eigenvalue weighted by Gasteiger charge is -2.07. The van der Waals surface area contributed by atoms with Crippen LogP contribution in [0.2, 0.25) is 0 Å². The van der Waals surface area contributed by atoms with Crippen LogP contribution < -0.4 is 5.32 Å². The molecule has 0 unspecified atom stereocenters. The third-order valence-corrected chi connectivity index (χ3v) is 2.97. The number of carboxylic acid groups (broad SMARTS) is 1. The summed E-state index contributed by atoms with van der Waals surface area (Å²) in [7, 11) is 0. The van der Waals surface area contributed by atoms with Gasteiger partial charge < -0.3 is 10.4 Å². The zero-order chi connectivity index (χ0) is 12.1. The summed E-state index contributed by atoms with van der Waals surface area (Å²) in [4.78, 5) is 10.4. The molecule has 4 heteroatoms. The molecule has 0 fully saturated rings. The molecular weight excluding hydrogens is 270 g/mol. The molecule has 0 bridgehead atoms. The van der Waals surface area contributed by atoms with Crippen LogP contribution in [0.25, 0.3) is 0 Å². The molecular formula is C12H14BrNO2. The first-order valence-electron chi connectivity index (χ1n) is 4.89. The molecule has 0 aliphatic rings. The summed E-state index contributed by atoms with van der Waals surface area (Å²) >= 11 is 3.44. The standard InChI is InChI=1S/C12H14BrNO2/c1-8(5-12(15)16)7-14-10-4-3-9(2)11(13)6-10/h3-6,14H,7H2,1-2H3,(H,15,16)/b8-5-. The number of hydrogen-bond acceptors (Lipinski definition) is 2. The van der Waals surface area contributed by atoms with Gasteiger partial charge in [0.15, 0.2) is 0 Å². The second-order valence-corrected chi connectivity index (χ2v) is 4.50. The molecule has 0 heterocycles. The van der Waals surface area contributed by atoms with Gasteiger partial charge in [-0.2, -0.15) is 0 Å². The number of aryl methyl sites for hydroxylation is 1. The van der Waals surface area contributed by atoms with Crippen molar-refractivity contribution < 1.29 is 9.90 Å². The number of carboxylic acids is 1. The second-order valence-electron chi connectivity index (χ2n) is 3.65.